The summed E-state index contributed by atoms with van der Waals surface area (Å²) in [6, 6.07) is 12.3. The molecular formula is C16H13NO3S. The topological polar surface area (TPSA) is 62.5 Å². The van der Waals surface area contributed by atoms with Crippen LogP contribution in [-0.4, -0.2) is 20.7 Å². The van der Waals surface area contributed by atoms with Gasteiger partial charge in [0.1, 0.15) is 5.75 Å². The number of carbonyl (C=O) groups is 1. The van der Waals surface area contributed by atoms with Crippen molar-refractivity contribution in [1.82, 2.24) is 4.57 Å². The quantitative estimate of drug-likeness (QED) is 0.770. The third-order valence-corrected chi connectivity index (χ3v) is 4.23. The van der Waals surface area contributed by atoms with Gasteiger partial charge in [-0.3, -0.25) is 0 Å². The fraction of sp³-hybridized carbons (Fsp3) is 0.0625. The smallest absolute Gasteiger partial charge is 0.337 e. The molecule has 1 aromatic carbocycles. The van der Waals surface area contributed by atoms with Gasteiger partial charge in [-0.2, -0.15) is 0 Å². The lowest BCUT2D eigenvalue weighted by Crippen LogP contribution is -2.02. The number of phenolic OH excluding ortho intramolecular Hbond substituents is 1. The van der Waals surface area contributed by atoms with Gasteiger partial charge in [-0.15, -0.1) is 11.3 Å². The Morgan fingerprint density at radius 2 is 2.00 bits per heavy atom. The van der Waals surface area contributed by atoms with Crippen LogP contribution in [0, 0.1) is 6.92 Å². The van der Waals surface area contributed by atoms with Crippen molar-refractivity contribution in [2.45, 2.75) is 6.92 Å². The van der Waals surface area contributed by atoms with Crippen LogP contribution in [0.25, 0.3) is 16.3 Å². The fourth-order valence-corrected chi connectivity index (χ4v) is 3.13. The molecule has 5 heteroatoms. The first-order chi connectivity index (χ1) is 10.1. The average molecular weight is 299 g/mol. The average Bonchev–Trinajstić information content (AvgIpc) is 3.05. The molecule has 106 valence electrons. The molecule has 0 aliphatic carbocycles. The van der Waals surface area contributed by atoms with Crippen LogP contribution in [0.1, 0.15) is 16.1 Å². The molecule has 2 heterocycles. The third-order valence-electron chi connectivity index (χ3n) is 3.34. The van der Waals surface area contributed by atoms with Crippen LogP contribution >= 0.6 is 11.3 Å². The summed E-state index contributed by atoms with van der Waals surface area (Å²) in [6.45, 7) is 1.77. The van der Waals surface area contributed by atoms with E-state index in [-0.39, 0.29) is 11.3 Å². The maximum Gasteiger partial charge on any atom is 0.337 e. The molecule has 0 amide bonds. The van der Waals surface area contributed by atoms with Gasteiger partial charge in [0.2, 0.25) is 0 Å². The highest BCUT2D eigenvalue weighted by atomic mass is 32.1. The van der Waals surface area contributed by atoms with E-state index in [1.165, 1.54) is 0 Å². The van der Waals surface area contributed by atoms with Gasteiger partial charge in [0, 0.05) is 17.4 Å². The molecule has 3 rings (SSSR count). The first-order valence-corrected chi connectivity index (χ1v) is 7.25. The molecule has 0 bridgehead atoms. The summed E-state index contributed by atoms with van der Waals surface area (Å²) < 4.78 is 1.86. The minimum Gasteiger partial charge on any atom is -0.508 e. The van der Waals surface area contributed by atoms with E-state index in [0.29, 0.717) is 5.69 Å². The normalized spacial score (nSPS) is 10.7. The van der Waals surface area contributed by atoms with Crippen molar-refractivity contribution in [2.75, 3.05) is 0 Å². The number of thiophene rings is 1. The van der Waals surface area contributed by atoms with Crippen LogP contribution in [0.15, 0.2) is 47.8 Å². The molecule has 2 N–H and O–H groups in total. The Balaban J connectivity index is 2.29. The number of benzene rings is 1. The number of hydrogen-bond donors (Lipinski definition) is 2. The van der Waals surface area contributed by atoms with Crippen LogP contribution in [0.3, 0.4) is 0 Å². The summed E-state index contributed by atoms with van der Waals surface area (Å²) in [6.07, 6.45) is 0. The highest BCUT2D eigenvalue weighted by molar-refractivity contribution is 7.13. The van der Waals surface area contributed by atoms with Crippen LogP contribution in [-0.2, 0) is 0 Å². The first kappa shape index (κ1) is 13.5. The second kappa shape index (κ2) is 5.10. The van der Waals surface area contributed by atoms with Crippen LogP contribution < -0.4 is 0 Å². The molecule has 0 radical (unpaired) electrons. The number of aromatic hydroxyl groups is 1. The molecule has 0 atom stereocenters. The molecular weight excluding hydrogens is 286 g/mol. The summed E-state index contributed by atoms with van der Waals surface area (Å²) >= 11 is 1.55. The highest BCUT2D eigenvalue weighted by Crippen LogP contribution is 2.33. The van der Waals surface area contributed by atoms with E-state index in [1.807, 2.05) is 28.1 Å². The van der Waals surface area contributed by atoms with E-state index in [2.05, 4.69) is 0 Å². The predicted molar refractivity (Wildman–Crippen MR) is 82.4 cm³/mol. The fourth-order valence-electron chi connectivity index (χ4n) is 2.39. The van der Waals surface area contributed by atoms with Crippen molar-refractivity contribution in [3.63, 3.8) is 0 Å². The van der Waals surface area contributed by atoms with Crippen molar-refractivity contribution >= 4 is 17.3 Å². The van der Waals surface area contributed by atoms with E-state index in [4.69, 9.17) is 0 Å². The lowest BCUT2D eigenvalue weighted by atomic mass is 10.2. The molecule has 0 spiro atoms. The number of nitrogens with zero attached hydrogens (tertiary/aromatic N) is 1. The monoisotopic (exact) mass is 299 g/mol. The van der Waals surface area contributed by atoms with Crippen LogP contribution in [0.2, 0.25) is 0 Å². The molecule has 0 saturated carbocycles. The summed E-state index contributed by atoms with van der Waals surface area (Å²) in [5.74, 6) is -0.807. The Morgan fingerprint density at radius 1 is 1.19 bits per heavy atom. The summed E-state index contributed by atoms with van der Waals surface area (Å²) in [7, 11) is 0. The lowest BCUT2D eigenvalue weighted by molar-refractivity contribution is 0.0696. The number of carboxylic acid groups (broad SMARTS) is 1. The first-order valence-electron chi connectivity index (χ1n) is 6.37. The second-order valence-electron chi connectivity index (χ2n) is 4.67. The largest absolute Gasteiger partial charge is 0.508 e. The molecule has 0 unspecified atom stereocenters. The molecule has 0 aliphatic rings. The van der Waals surface area contributed by atoms with Crippen molar-refractivity contribution < 1.29 is 15.0 Å². The molecule has 0 saturated heterocycles. The van der Waals surface area contributed by atoms with Crippen molar-refractivity contribution in [1.29, 1.82) is 0 Å². The van der Waals surface area contributed by atoms with Gasteiger partial charge >= 0.3 is 5.97 Å². The Bertz CT molecular complexity index is 803. The van der Waals surface area contributed by atoms with Crippen molar-refractivity contribution in [2.24, 2.45) is 0 Å². The summed E-state index contributed by atoms with van der Waals surface area (Å²) in [5, 5.41) is 21.0. The van der Waals surface area contributed by atoms with Gasteiger partial charge in [-0.25, -0.2) is 4.79 Å². The van der Waals surface area contributed by atoms with Crippen LogP contribution in [0.5, 0.6) is 5.75 Å². The second-order valence-corrected chi connectivity index (χ2v) is 5.61. The predicted octanol–water partition coefficient (Wildman–Crippen LogP) is 3.92. The van der Waals surface area contributed by atoms with Gasteiger partial charge in [0.15, 0.2) is 0 Å². The van der Waals surface area contributed by atoms with E-state index < -0.39 is 5.97 Å². The van der Waals surface area contributed by atoms with E-state index in [0.717, 1.165) is 16.3 Å². The molecule has 3 aromatic rings. The zero-order chi connectivity index (χ0) is 15.0. The molecule has 4 nitrogen and oxygen atoms in total. The van der Waals surface area contributed by atoms with Gasteiger partial charge in [-0.05, 0) is 36.6 Å². The Labute approximate surface area is 125 Å². The highest BCUT2D eigenvalue weighted by Gasteiger charge is 2.19. The maximum absolute atomic E-state index is 11.4. The Morgan fingerprint density at radius 3 is 2.62 bits per heavy atom. The zero-order valence-electron chi connectivity index (χ0n) is 11.3. The summed E-state index contributed by atoms with van der Waals surface area (Å²) in [5.41, 5.74) is 2.45. The molecule has 21 heavy (non-hydrogen) atoms. The number of aromatic carboxylic acids is 1. The maximum atomic E-state index is 11.4. The number of hydrogen-bond acceptors (Lipinski definition) is 3. The van der Waals surface area contributed by atoms with Gasteiger partial charge in [-0.1, -0.05) is 12.1 Å². The third kappa shape index (κ3) is 2.32. The van der Waals surface area contributed by atoms with E-state index in [9.17, 15) is 15.0 Å². The molecule has 0 fully saturated rings. The van der Waals surface area contributed by atoms with Crippen molar-refractivity contribution in [3.8, 4) is 22.0 Å². The van der Waals surface area contributed by atoms with Crippen molar-refractivity contribution in [3.05, 3.63) is 59.1 Å². The minimum absolute atomic E-state index is 0.148. The number of phenols is 1. The minimum atomic E-state index is -0.954. The Kier molecular flexibility index (Phi) is 3.27. The van der Waals surface area contributed by atoms with Crippen LogP contribution in [0.4, 0.5) is 0 Å². The van der Waals surface area contributed by atoms with Gasteiger partial charge in [0.05, 0.1) is 16.1 Å². The van der Waals surface area contributed by atoms with Gasteiger partial charge in [0.25, 0.3) is 0 Å². The SMILES string of the molecule is Cc1c(C(=O)O)cc(-c2cccs2)n1-c1cccc(O)c1. The standard InChI is InChI=1S/C16H13NO3S/c1-10-13(16(19)20)9-14(15-6-3-7-21-15)17(10)11-4-2-5-12(18)8-11/h2-9,18H,1H3,(H,19,20). The van der Waals surface area contributed by atoms with E-state index >= 15 is 0 Å². The molecule has 0 aliphatic heterocycles. The summed E-state index contributed by atoms with van der Waals surface area (Å²) in [4.78, 5) is 12.4. The van der Waals surface area contributed by atoms with E-state index in [1.54, 1.807) is 42.5 Å². The number of rotatable bonds is 3. The number of aromatic nitrogens is 1. The number of carboxylic acids is 1. The zero-order valence-corrected chi connectivity index (χ0v) is 12.1. The molecule has 2 aromatic heterocycles. The lowest BCUT2D eigenvalue weighted by Gasteiger charge is -2.11. The van der Waals surface area contributed by atoms with Gasteiger partial charge < -0.3 is 14.8 Å². The Hall–Kier alpha value is -2.53.